The number of thiophene rings is 1. The highest BCUT2D eigenvalue weighted by molar-refractivity contribution is 7.18. The van der Waals surface area contributed by atoms with E-state index >= 15 is 0 Å². The Morgan fingerprint density at radius 1 is 1.57 bits per heavy atom. The van der Waals surface area contributed by atoms with Crippen molar-refractivity contribution in [2.45, 2.75) is 32.7 Å². The molecule has 0 saturated carbocycles. The first-order valence-electron chi connectivity index (χ1n) is 7.05. The van der Waals surface area contributed by atoms with Crippen molar-refractivity contribution in [3.05, 3.63) is 16.2 Å². The van der Waals surface area contributed by atoms with Crippen LogP contribution in [-0.2, 0) is 11.2 Å². The second-order valence-electron chi connectivity index (χ2n) is 5.23. The lowest BCUT2D eigenvalue weighted by Gasteiger charge is -2.18. The Balaban J connectivity index is 1.93. The molecule has 5 nitrogen and oxygen atoms in total. The van der Waals surface area contributed by atoms with E-state index in [0.717, 1.165) is 42.0 Å². The van der Waals surface area contributed by atoms with Crippen molar-refractivity contribution in [2.75, 3.05) is 18.0 Å². The number of hydrogen-bond donors (Lipinski definition) is 1. The fourth-order valence-corrected chi connectivity index (χ4v) is 3.88. The first-order valence-corrected chi connectivity index (χ1v) is 8.24. The van der Waals surface area contributed by atoms with Crippen molar-refractivity contribution < 1.29 is 4.79 Å². The molecule has 1 atom stereocenters. The largest absolute Gasteiger partial charge is 0.354 e. The molecule has 1 N–H and O–H groups in total. The normalized spacial score (nSPS) is 18.4. The molecule has 0 spiro atoms. The number of halogens is 1. The van der Waals surface area contributed by atoms with Gasteiger partial charge >= 0.3 is 0 Å². The third-order valence-corrected chi connectivity index (χ3v) is 4.98. The lowest BCUT2D eigenvalue weighted by Crippen LogP contribution is -2.35. The molecule has 3 heterocycles. The summed E-state index contributed by atoms with van der Waals surface area (Å²) < 4.78 is 0. The maximum Gasteiger partial charge on any atom is 0.225 e. The lowest BCUT2D eigenvalue weighted by atomic mass is 10.2. The number of anilines is 1. The van der Waals surface area contributed by atoms with Crippen molar-refractivity contribution >= 4 is 44.9 Å². The molecule has 1 unspecified atom stereocenters. The van der Waals surface area contributed by atoms with E-state index in [4.69, 9.17) is 11.6 Å². The predicted molar refractivity (Wildman–Crippen MR) is 86.2 cm³/mol. The van der Waals surface area contributed by atoms with Gasteiger partial charge in [0.1, 0.15) is 10.6 Å². The quantitative estimate of drug-likeness (QED) is 0.882. The van der Waals surface area contributed by atoms with Gasteiger partial charge in [0, 0.05) is 30.9 Å². The number of carbonyl (C=O) groups excluding carboxylic acids is 1. The number of carbonyl (C=O) groups is 1. The van der Waals surface area contributed by atoms with Crippen molar-refractivity contribution in [1.82, 2.24) is 15.3 Å². The van der Waals surface area contributed by atoms with Gasteiger partial charge in [-0.1, -0.05) is 6.92 Å². The van der Waals surface area contributed by atoms with Gasteiger partial charge in [0.05, 0.1) is 5.39 Å². The zero-order chi connectivity index (χ0) is 15.0. The third kappa shape index (κ3) is 2.96. The zero-order valence-corrected chi connectivity index (χ0v) is 13.6. The Bertz CT molecular complexity index is 687. The van der Waals surface area contributed by atoms with E-state index in [1.165, 1.54) is 4.88 Å². The van der Waals surface area contributed by atoms with Crippen molar-refractivity contribution in [3.8, 4) is 0 Å². The summed E-state index contributed by atoms with van der Waals surface area (Å²) in [4.78, 5) is 24.3. The number of aryl methyl sites for hydroxylation is 1. The number of amides is 1. The molecule has 21 heavy (non-hydrogen) atoms. The topological polar surface area (TPSA) is 58.1 Å². The number of nitrogens with zero attached hydrogens (tertiary/aromatic N) is 3. The molecule has 1 fully saturated rings. The van der Waals surface area contributed by atoms with E-state index < -0.39 is 0 Å². The second kappa shape index (κ2) is 5.77. The predicted octanol–water partition coefficient (Wildman–Crippen LogP) is 2.62. The number of rotatable bonds is 3. The zero-order valence-electron chi connectivity index (χ0n) is 12.0. The summed E-state index contributed by atoms with van der Waals surface area (Å²) in [6.07, 6.45) is 1.90. The van der Waals surface area contributed by atoms with Crippen LogP contribution in [-0.4, -0.2) is 35.0 Å². The van der Waals surface area contributed by atoms with Crippen LogP contribution in [0.4, 0.5) is 5.82 Å². The summed E-state index contributed by atoms with van der Waals surface area (Å²) in [5, 5.41) is 4.31. The van der Waals surface area contributed by atoms with Gasteiger partial charge in [-0.15, -0.1) is 11.3 Å². The number of fused-ring (bicyclic) bond motifs is 1. The fraction of sp³-hybridized carbons (Fsp3) is 0.500. The van der Waals surface area contributed by atoms with Gasteiger partial charge in [-0.3, -0.25) is 4.79 Å². The van der Waals surface area contributed by atoms with Crippen molar-refractivity contribution in [3.63, 3.8) is 0 Å². The van der Waals surface area contributed by atoms with Crippen LogP contribution in [0.3, 0.4) is 0 Å². The molecule has 112 valence electrons. The summed E-state index contributed by atoms with van der Waals surface area (Å²) >= 11 is 7.73. The fourth-order valence-electron chi connectivity index (χ4n) is 2.70. The average Bonchev–Trinajstić information content (AvgIpc) is 3.03. The number of nitrogens with one attached hydrogen (secondary N) is 1. The first kappa shape index (κ1) is 14.5. The van der Waals surface area contributed by atoms with Crippen LogP contribution in [0.1, 0.15) is 25.1 Å². The third-order valence-electron chi connectivity index (χ3n) is 3.64. The van der Waals surface area contributed by atoms with Gasteiger partial charge in [0.2, 0.25) is 11.2 Å². The first-order chi connectivity index (χ1) is 10.1. The molecular weight excluding hydrogens is 308 g/mol. The molecule has 2 aromatic heterocycles. The smallest absolute Gasteiger partial charge is 0.225 e. The van der Waals surface area contributed by atoms with Gasteiger partial charge in [-0.25, -0.2) is 4.98 Å². The van der Waals surface area contributed by atoms with Crippen LogP contribution in [0, 0.1) is 0 Å². The van der Waals surface area contributed by atoms with E-state index in [1.54, 1.807) is 18.3 Å². The summed E-state index contributed by atoms with van der Waals surface area (Å²) in [6, 6.07) is 2.33. The summed E-state index contributed by atoms with van der Waals surface area (Å²) in [6.45, 7) is 5.31. The van der Waals surface area contributed by atoms with Crippen LogP contribution in [0.2, 0.25) is 5.28 Å². The summed E-state index contributed by atoms with van der Waals surface area (Å²) in [7, 11) is 0. The standard InChI is InChI=1S/C14H17ClN4OS/c1-3-10-6-11-12(17-14(15)18-13(11)21-10)19-5-4-9(7-19)16-8(2)20/h6,9H,3-5,7H2,1-2H3,(H,16,20). The molecule has 1 saturated heterocycles. The Morgan fingerprint density at radius 2 is 2.38 bits per heavy atom. The lowest BCUT2D eigenvalue weighted by molar-refractivity contribution is -0.119. The molecule has 0 aliphatic carbocycles. The van der Waals surface area contributed by atoms with Gasteiger partial charge < -0.3 is 10.2 Å². The van der Waals surface area contributed by atoms with Crippen LogP contribution < -0.4 is 10.2 Å². The highest BCUT2D eigenvalue weighted by atomic mass is 35.5. The van der Waals surface area contributed by atoms with E-state index in [2.05, 4.69) is 33.2 Å². The minimum absolute atomic E-state index is 0.0107. The van der Waals surface area contributed by atoms with Crippen molar-refractivity contribution in [2.24, 2.45) is 0 Å². The molecule has 1 aliphatic heterocycles. The molecule has 1 amide bonds. The van der Waals surface area contributed by atoms with Crippen LogP contribution in [0.5, 0.6) is 0 Å². The van der Waals surface area contributed by atoms with Crippen LogP contribution in [0.25, 0.3) is 10.2 Å². The molecule has 2 aromatic rings. The SMILES string of the molecule is CCc1cc2c(N3CCC(NC(C)=O)C3)nc(Cl)nc2s1. The van der Waals surface area contributed by atoms with Gasteiger partial charge in [-0.2, -0.15) is 4.98 Å². The van der Waals surface area contributed by atoms with E-state index in [9.17, 15) is 4.79 Å². The number of aromatic nitrogens is 2. The van der Waals surface area contributed by atoms with Gasteiger partial charge in [-0.05, 0) is 30.5 Å². The maximum atomic E-state index is 11.2. The van der Waals surface area contributed by atoms with Crippen LogP contribution >= 0.6 is 22.9 Å². The van der Waals surface area contributed by atoms with Crippen molar-refractivity contribution in [1.29, 1.82) is 0 Å². The Hall–Kier alpha value is -1.40. The molecule has 3 rings (SSSR count). The van der Waals surface area contributed by atoms with E-state index in [1.807, 2.05) is 0 Å². The second-order valence-corrected chi connectivity index (χ2v) is 6.69. The minimum atomic E-state index is 0.0107. The Labute approximate surface area is 132 Å². The Morgan fingerprint density at radius 3 is 3.10 bits per heavy atom. The molecule has 0 radical (unpaired) electrons. The molecule has 0 aromatic carbocycles. The highest BCUT2D eigenvalue weighted by Crippen LogP contribution is 2.33. The number of hydrogen-bond acceptors (Lipinski definition) is 5. The minimum Gasteiger partial charge on any atom is -0.354 e. The molecule has 1 aliphatic rings. The Kier molecular flexibility index (Phi) is 3.99. The van der Waals surface area contributed by atoms with E-state index in [-0.39, 0.29) is 17.2 Å². The molecule has 7 heteroatoms. The average molecular weight is 325 g/mol. The monoisotopic (exact) mass is 324 g/mol. The van der Waals surface area contributed by atoms with Gasteiger partial charge in [0.15, 0.2) is 0 Å². The highest BCUT2D eigenvalue weighted by Gasteiger charge is 2.26. The van der Waals surface area contributed by atoms with Gasteiger partial charge in [0.25, 0.3) is 0 Å². The summed E-state index contributed by atoms with van der Waals surface area (Å²) in [5.74, 6) is 0.894. The van der Waals surface area contributed by atoms with E-state index in [0.29, 0.717) is 0 Å². The van der Waals surface area contributed by atoms with Crippen LogP contribution in [0.15, 0.2) is 6.07 Å². The molecule has 0 bridgehead atoms. The molecular formula is C14H17ClN4OS. The maximum absolute atomic E-state index is 11.2. The summed E-state index contributed by atoms with van der Waals surface area (Å²) in [5.41, 5.74) is 0.